The molecule has 0 saturated carbocycles. The molecule has 0 aliphatic carbocycles. The van der Waals surface area contributed by atoms with E-state index >= 15 is 0 Å². The Morgan fingerprint density at radius 2 is 1.81 bits per heavy atom. The van der Waals surface area contributed by atoms with Crippen molar-refractivity contribution in [3.05, 3.63) is 65.7 Å². The third kappa shape index (κ3) is 4.33. The molecule has 2 aromatic rings. The van der Waals surface area contributed by atoms with Gasteiger partial charge in [-0.3, -0.25) is 10.1 Å². The molecule has 2 N–H and O–H groups in total. The van der Waals surface area contributed by atoms with Gasteiger partial charge in [-0.15, -0.1) is 0 Å². The van der Waals surface area contributed by atoms with Gasteiger partial charge in [0.2, 0.25) is 0 Å². The summed E-state index contributed by atoms with van der Waals surface area (Å²) < 4.78 is 5.65. The first-order valence-electron chi connectivity index (χ1n) is 6.88. The maximum Gasteiger partial charge on any atom is 0.325 e. The van der Waals surface area contributed by atoms with E-state index in [0.29, 0.717) is 13.2 Å². The highest BCUT2D eigenvalue weighted by atomic mass is 16.5. The molecule has 0 radical (unpaired) electrons. The van der Waals surface area contributed by atoms with Gasteiger partial charge < -0.3 is 9.84 Å². The average molecular weight is 285 g/mol. The largest absolute Gasteiger partial charge is 0.492 e. The molecule has 21 heavy (non-hydrogen) atoms. The lowest BCUT2D eigenvalue weighted by Gasteiger charge is -2.15. The second kappa shape index (κ2) is 7.45. The fraction of sp³-hybridized carbons (Fsp3) is 0.235. The highest BCUT2D eigenvalue weighted by molar-refractivity contribution is 5.75. The van der Waals surface area contributed by atoms with E-state index in [4.69, 9.17) is 4.74 Å². The zero-order valence-corrected chi connectivity index (χ0v) is 12.0. The molecule has 0 spiro atoms. The van der Waals surface area contributed by atoms with Crippen LogP contribution in [0.4, 0.5) is 0 Å². The fourth-order valence-electron chi connectivity index (χ4n) is 2.08. The van der Waals surface area contributed by atoms with Crippen molar-refractivity contribution in [2.75, 3.05) is 13.2 Å². The minimum absolute atomic E-state index is 0.418. The van der Waals surface area contributed by atoms with Crippen LogP contribution in [-0.4, -0.2) is 24.2 Å². The van der Waals surface area contributed by atoms with Crippen molar-refractivity contribution in [1.29, 1.82) is 0 Å². The van der Waals surface area contributed by atoms with E-state index in [2.05, 4.69) is 5.32 Å². The molecule has 2 aromatic carbocycles. The highest BCUT2D eigenvalue weighted by Gasteiger charge is 2.18. The van der Waals surface area contributed by atoms with Crippen LogP contribution in [0.3, 0.4) is 0 Å². The third-order valence-corrected chi connectivity index (χ3v) is 3.18. The van der Waals surface area contributed by atoms with Gasteiger partial charge in [0, 0.05) is 6.54 Å². The topological polar surface area (TPSA) is 58.6 Å². The molecule has 1 unspecified atom stereocenters. The van der Waals surface area contributed by atoms with Gasteiger partial charge in [-0.1, -0.05) is 48.5 Å². The van der Waals surface area contributed by atoms with Crippen molar-refractivity contribution in [2.45, 2.75) is 13.0 Å². The lowest BCUT2D eigenvalue weighted by atomic mass is 10.1. The molecule has 0 fully saturated rings. The maximum absolute atomic E-state index is 11.3. The van der Waals surface area contributed by atoms with Crippen LogP contribution in [0.5, 0.6) is 5.75 Å². The van der Waals surface area contributed by atoms with E-state index < -0.39 is 12.0 Å². The first-order chi connectivity index (χ1) is 10.2. The Hall–Kier alpha value is -2.33. The van der Waals surface area contributed by atoms with Gasteiger partial charge in [0.15, 0.2) is 0 Å². The molecule has 0 saturated heterocycles. The number of carboxylic acids is 1. The normalized spacial score (nSPS) is 11.9. The van der Waals surface area contributed by atoms with Crippen LogP contribution < -0.4 is 10.1 Å². The smallest absolute Gasteiger partial charge is 0.325 e. The Kier molecular flexibility index (Phi) is 5.35. The molecule has 0 amide bonds. The molecular formula is C17H19NO3. The Morgan fingerprint density at radius 1 is 1.14 bits per heavy atom. The number of aliphatic carboxylic acids is 1. The average Bonchev–Trinajstić information content (AvgIpc) is 2.49. The number of rotatable bonds is 7. The van der Waals surface area contributed by atoms with E-state index in [1.807, 2.05) is 49.4 Å². The van der Waals surface area contributed by atoms with E-state index in [0.717, 1.165) is 16.9 Å². The van der Waals surface area contributed by atoms with Crippen molar-refractivity contribution in [1.82, 2.24) is 5.32 Å². The summed E-state index contributed by atoms with van der Waals surface area (Å²) >= 11 is 0. The van der Waals surface area contributed by atoms with Gasteiger partial charge in [0.25, 0.3) is 0 Å². The van der Waals surface area contributed by atoms with Crippen LogP contribution in [0, 0.1) is 6.92 Å². The Morgan fingerprint density at radius 3 is 2.48 bits per heavy atom. The summed E-state index contributed by atoms with van der Waals surface area (Å²) in [4.78, 5) is 11.3. The van der Waals surface area contributed by atoms with Gasteiger partial charge in [-0.05, 0) is 24.1 Å². The minimum atomic E-state index is -0.892. The Bertz CT molecular complexity index is 584. The number of carboxylic acid groups (broad SMARTS) is 1. The molecule has 2 rings (SSSR count). The van der Waals surface area contributed by atoms with Crippen LogP contribution >= 0.6 is 0 Å². The minimum Gasteiger partial charge on any atom is -0.492 e. The van der Waals surface area contributed by atoms with Crippen LogP contribution in [0.1, 0.15) is 17.2 Å². The second-order valence-corrected chi connectivity index (χ2v) is 4.75. The molecule has 0 heterocycles. The number of ether oxygens (including phenoxy) is 1. The number of nitrogens with one attached hydrogen (secondary N) is 1. The molecule has 0 aliphatic rings. The third-order valence-electron chi connectivity index (χ3n) is 3.18. The summed E-state index contributed by atoms with van der Waals surface area (Å²) in [6, 6.07) is 16.2. The van der Waals surface area contributed by atoms with Crippen LogP contribution in [0.25, 0.3) is 0 Å². The Labute approximate surface area is 124 Å². The van der Waals surface area contributed by atoms with Crippen molar-refractivity contribution in [3.8, 4) is 5.75 Å². The molecule has 110 valence electrons. The number of benzene rings is 2. The van der Waals surface area contributed by atoms with E-state index in [-0.39, 0.29) is 0 Å². The summed E-state index contributed by atoms with van der Waals surface area (Å²) in [5.41, 5.74) is 1.80. The monoisotopic (exact) mass is 285 g/mol. The summed E-state index contributed by atoms with van der Waals surface area (Å²) in [5, 5.41) is 12.3. The van der Waals surface area contributed by atoms with Crippen molar-refractivity contribution >= 4 is 5.97 Å². The standard InChI is InChI=1S/C17H19NO3/c1-13-7-5-6-10-15(13)21-12-11-18-16(17(19)20)14-8-3-2-4-9-14/h2-10,16,18H,11-12H2,1H3,(H,19,20). The van der Waals surface area contributed by atoms with Gasteiger partial charge in [0.05, 0.1) is 0 Å². The predicted molar refractivity (Wildman–Crippen MR) is 81.5 cm³/mol. The molecule has 1 atom stereocenters. The lowest BCUT2D eigenvalue weighted by Crippen LogP contribution is -2.31. The quantitative estimate of drug-likeness (QED) is 0.768. The molecule has 0 aliphatic heterocycles. The van der Waals surface area contributed by atoms with E-state index in [9.17, 15) is 9.90 Å². The molecule has 0 aromatic heterocycles. The first kappa shape index (κ1) is 15.1. The van der Waals surface area contributed by atoms with Gasteiger partial charge in [0.1, 0.15) is 18.4 Å². The van der Waals surface area contributed by atoms with Crippen molar-refractivity contribution in [3.63, 3.8) is 0 Å². The molecule has 0 bridgehead atoms. The van der Waals surface area contributed by atoms with Crippen LogP contribution in [0.15, 0.2) is 54.6 Å². The van der Waals surface area contributed by atoms with Crippen molar-refractivity contribution < 1.29 is 14.6 Å². The summed E-state index contributed by atoms with van der Waals surface area (Å²) in [6.07, 6.45) is 0. The second-order valence-electron chi connectivity index (χ2n) is 4.75. The SMILES string of the molecule is Cc1ccccc1OCCNC(C(=O)O)c1ccccc1. The first-order valence-corrected chi connectivity index (χ1v) is 6.88. The summed E-state index contributed by atoms with van der Waals surface area (Å²) in [7, 11) is 0. The van der Waals surface area contributed by atoms with Gasteiger partial charge in [-0.25, -0.2) is 0 Å². The van der Waals surface area contributed by atoms with Crippen molar-refractivity contribution in [2.24, 2.45) is 0 Å². The summed E-state index contributed by atoms with van der Waals surface area (Å²) in [6.45, 7) is 2.86. The maximum atomic E-state index is 11.3. The van der Waals surface area contributed by atoms with E-state index in [1.165, 1.54) is 0 Å². The number of carbonyl (C=O) groups is 1. The zero-order valence-electron chi connectivity index (χ0n) is 12.0. The molecular weight excluding hydrogens is 266 g/mol. The lowest BCUT2D eigenvalue weighted by molar-refractivity contribution is -0.139. The van der Waals surface area contributed by atoms with Crippen LogP contribution in [-0.2, 0) is 4.79 Å². The number of para-hydroxylation sites is 1. The molecule has 4 nitrogen and oxygen atoms in total. The summed E-state index contributed by atoms with van der Waals surface area (Å²) in [5.74, 6) is -0.0667. The number of hydrogen-bond donors (Lipinski definition) is 2. The zero-order chi connectivity index (χ0) is 15.1. The van der Waals surface area contributed by atoms with Gasteiger partial charge in [-0.2, -0.15) is 0 Å². The highest BCUT2D eigenvalue weighted by Crippen LogP contribution is 2.16. The number of aryl methyl sites for hydroxylation is 1. The molecule has 4 heteroatoms. The van der Waals surface area contributed by atoms with Crippen LogP contribution in [0.2, 0.25) is 0 Å². The predicted octanol–water partition coefficient (Wildman–Crippen LogP) is 2.79. The Balaban J connectivity index is 1.86. The van der Waals surface area contributed by atoms with E-state index in [1.54, 1.807) is 12.1 Å². The fourth-order valence-corrected chi connectivity index (χ4v) is 2.08. The van der Waals surface area contributed by atoms with Gasteiger partial charge >= 0.3 is 5.97 Å². The number of hydrogen-bond acceptors (Lipinski definition) is 3.